The van der Waals surface area contributed by atoms with Crippen LogP contribution >= 0.6 is 0 Å². The van der Waals surface area contributed by atoms with Crippen molar-refractivity contribution in [2.45, 2.75) is 33.1 Å². The van der Waals surface area contributed by atoms with Crippen LogP contribution in [0, 0.1) is 12.8 Å². The SMILES string of the molecule is Cc1cc(NCC2CCN(C)C2)nc(C(C)C)n1. The predicted molar refractivity (Wildman–Crippen MR) is 75.0 cm³/mol. The molecule has 0 aromatic carbocycles. The maximum atomic E-state index is 4.58. The highest BCUT2D eigenvalue weighted by atomic mass is 15.1. The number of anilines is 1. The Kier molecular flexibility index (Phi) is 4.17. The lowest BCUT2D eigenvalue weighted by molar-refractivity contribution is 0.399. The minimum absolute atomic E-state index is 0.378. The van der Waals surface area contributed by atoms with Crippen LogP contribution in [-0.4, -0.2) is 41.5 Å². The summed E-state index contributed by atoms with van der Waals surface area (Å²) in [6.45, 7) is 9.70. The fourth-order valence-corrected chi connectivity index (χ4v) is 2.38. The molecule has 1 atom stereocenters. The summed E-state index contributed by atoms with van der Waals surface area (Å²) in [5.41, 5.74) is 1.04. The van der Waals surface area contributed by atoms with Crippen molar-refractivity contribution >= 4 is 5.82 Å². The summed E-state index contributed by atoms with van der Waals surface area (Å²) in [4.78, 5) is 11.4. The van der Waals surface area contributed by atoms with E-state index in [1.54, 1.807) is 0 Å². The van der Waals surface area contributed by atoms with Gasteiger partial charge in [-0.15, -0.1) is 0 Å². The Morgan fingerprint density at radius 2 is 2.22 bits per heavy atom. The van der Waals surface area contributed by atoms with E-state index in [1.807, 2.05) is 13.0 Å². The van der Waals surface area contributed by atoms with Gasteiger partial charge >= 0.3 is 0 Å². The fourth-order valence-electron chi connectivity index (χ4n) is 2.38. The Hall–Kier alpha value is -1.16. The summed E-state index contributed by atoms with van der Waals surface area (Å²) in [6, 6.07) is 2.03. The van der Waals surface area contributed by atoms with E-state index in [-0.39, 0.29) is 0 Å². The Balaban J connectivity index is 1.96. The lowest BCUT2D eigenvalue weighted by Gasteiger charge is -2.14. The maximum Gasteiger partial charge on any atom is 0.133 e. The summed E-state index contributed by atoms with van der Waals surface area (Å²) in [5, 5.41) is 3.47. The second kappa shape index (κ2) is 5.65. The zero-order valence-corrected chi connectivity index (χ0v) is 11.9. The van der Waals surface area contributed by atoms with Gasteiger partial charge in [-0.25, -0.2) is 9.97 Å². The largest absolute Gasteiger partial charge is 0.370 e. The van der Waals surface area contributed by atoms with Gasteiger partial charge in [0.05, 0.1) is 0 Å². The van der Waals surface area contributed by atoms with Crippen molar-refractivity contribution in [3.8, 4) is 0 Å². The average Bonchev–Trinajstić information content (AvgIpc) is 2.72. The molecule has 4 heteroatoms. The molecule has 18 heavy (non-hydrogen) atoms. The van der Waals surface area contributed by atoms with E-state index in [0.717, 1.165) is 29.8 Å². The van der Waals surface area contributed by atoms with Crippen molar-refractivity contribution in [3.63, 3.8) is 0 Å². The zero-order chi connectivity index (χ0) is 13.1. The highest BCUT2D eigenvalue weighted by molar-refractivity contribution is 5.36. The number of likely N-dealkylation sites (tertiary alicyclic amines) is 1. The molecule has 0 spiro atoms. The third-order valence-electron chi connectivity index (χ3n) is 3.45. The molecule has 0 bridgehead atoms. The van der Waals surface area contributed by atoms with E-state index in [0.29, 0.717) is 5.92 Å². The molecule has 2 heterocycles. The summed E-state index contributed by atoms with van der Waals surface area (Å²) in [5.74, 6) is 3.03. The topological polar surface area (TPSA) is 41.0 Å². The van der Waals surface area contributed by atoms with Crippen LogP contribution in [0.5, 0.6) is 0 Å². The highest BCUT2D eigenvalue weighted by Crippen LogP contribution is 2.17. The number of nitrogens with zero attached hydrogens (tertiary/aromatic N) is 3. The van der Waals surface area contributed by atoms with Gasteiger partial charge in [-0.1, -0.05) is 13.8 Å². The van der Waals surface area contributed by atoms with Crippen molar-refractivity contribution in [1.82, 2.24) is 14.9 Å². The Bertz CT molecular complexity index is 403. The number of aromatic nitrogens is 2. The van der Waals surface area contributed by atoms with E-state index < -0.39 is 0 Å². The van der Waals surface area contributed by atoms with Crippen molar-refractivity contribution in [2.24, 2.45) is 5.92 Å². The third-order valence-corrected chi connectivity index (χ3v) is 3.45. The van der Waals surface area contributed by atoms with Gasteiger partial charge in [-0.05, 0) is 32.9 Å². The lowest BCUT2D eigenvalue weighted by atomic mass is 10.1. The lowest BCUT2D eigenvalue weighted by Crippen LogP contribution is -2.19. The van der Waals surface area contributed by atoms with Crippen molar-refractivity contribution in [2.75, 3.05) is 32.0 Å². The Morgan fingerprint density at radius 1 is 1.44 bits per heavy atom. The van der Waals surface area contributed by atoms with E-state index >= 15 is 0 Å². The van der Waals surface area contributed by atoms with Crippen LogP contribution in [0.15, 0.2) is 6.07 Å². The van der Waals surface area contributed by atoms with Gasteiger partial charge in [-0.2, -0.15) is 0 Å². The number of aryl methyl sites for hydroxylation is 1. The first-order valence-corrected chi connectivity index (χ1v) is 6.82. The molecule has 1 N–H and O–H groups in total. The number of hydrogen-bond donors (Lipinski definition) is 1. The molecule has 0 amide bonds. The van der Waals surface area contributed by atoms with Crippen LogP contribution in [0.3, 0.4) is 0 Å². The van der Waals surface area contributed by atoms with Crippen molar-refractivity contribution < 1.29 is 0 Å². The van der Waals surface area contributed by atoms with E-state index in [9.17, 15) is 0 Å². The molecule has 0 radical (unpaired) electrons. The molecule has 1 aromatic heterocycles. The van der Waals surface area contributed by atoms with Gasteiger partial charge in [0.25, 0.3) is 0 Å². The quantitative estimate of drug-likeness (QED) is 0.887. The van der Waals surface area contributed by atoms with Gasteiger partial charge < -0.3 is 10.2 Å². The molecule has 1 aromatic rings. The van der Waals surface area contributed by atoms with E-state index in [1.165, 1.54) is 19.5 Å². The summed E-state index contributed by atoms with van der Waals surface area (Å²) >= 11 is 0. The monoisotopic (exact) mass is 248 g/mol. The standard InChI is InChI=1S/C14H24N4/c1-10(2)14-16-11(3)7-13(17-14)15-8-12-5-6-18(4)9-12/h7,10,12H,5-6,8-9H2,1-4H3,(H,15,16,17). The molecule has 4 nitrogen and oxygen atoms in total. The molecule has 1 aliphatic rings. The zero-order valence-electron chi connectivity index (χ0n) is 11.9. The van der Waals surface area contributed by atoms with E-state index in [4.69, 9.17) is 0 Å². The molecular formula is C14H24N4. The normalized spacial score (nSPS) is 20.6. The molecule has 100 valence electrons. The minimum Gasteiger partial charge on any atom is -0.370 e. The molecule has 1 aliphatic heterocycles. The molecule has 0 saturated carbocycles. The highest BCUT2D eigenvalue weighted by Gasteiger charge is 2.19. The molecule has 0 aliphatic carbocycles. The molecule has 1 fully saturated rings. The van der Waals surface area contributed by atoms with Crippen LogP contribution in [-0.2, 0) is 0 Å². The molecule has 1 unspecified atom stereocenters. The van der Waals surface area contributed by atoms with E-state index in [2.05, 4.69) is 41.1 Å². The first kappa shape index (κ1) is 13.3. The number of hydrogen-bond acceptors (Lipinski definition) is 4. The van der Waals surface area contributed by atoms with Gasteiger partial charge in [0.2, 0.25) is 0 Å². The summed E-state index contributed by atoms with van der Waals surface area (Å²) in [7, 11) is 2.19. The second-order valence-corrected chi connectivity index (χ2v) is 5.71. The first-order valence-electron chi connectivity index (χ1n) is 6.82. The van der Waals surface area contributed by atoms with Crippen molar-refractivity contribution in [3.05, 3.63) is 17.6 Å². The van der Waals surface area contributed by atoms with Crippen LogP contribution in [0.4, 0.5) is 5.82 Å². The van der Waals surface area contributed by atoms with Gasteiger partial charge in [0.1, 0.15) is 11.6 Å². The number of nitrogens with one attached hydrogen (secondary N) is 1. The van der Waals surface area contributed by atoms with Crippen LogP contribution in [0.1, 0.15) is 37.7 Å². The van der Waals surface area contributed by atoms with Gasteiger partial charge in [0, 0.05) is 30.8 Å². The van der Waals surface area contributed by atoms with Crippen LogP contribution in [0.2, 0.25) is 0 Å². The third kappa shape index (κ3) is 3.42. The van der Waals surface area contributed by atoms with Gasteiger partial charge in [-0.3, -0.25) is 0 Å². The Labute approximate surface area is 110 Å². The molecular weight excluding hydrogens is 224 g/mol. The molecule has 2 rings (SSSR count). The van der Waals surface area contributed by atoms with Crippen LogP contribution in [0.25, 0.3) is 0 Å². The number of rotatable bonds is 4. The summed E-state index contributed by atoms with van der Waals surface area (Å²) in [6.07, 6.45) is 1.28. The maximum absolute atomic E-state index is 4.58. The van der Waals surface area contributed by atoms with Gasteiger partial charge in [0.15, 0.2) is 0 Å². The fraction of sp³-hybridized carbons (Fsp3) is 0.714. The second-order valence-electron chi connectivity index (χ2n) is 5.71. The van der Waals surface area contributed by atoms with Crippen LogP contribution < -0.4 is 5.32 Å². The smallest absolute Gasteiger partial charge is 0.133 e. The predicted octanol–water partition coefficient (Wildman–Crippen LogP) is 2.27. The summed E-state index contributed by atoms with van der Waals surface area (Å²) < 4.78 is 0. The molecule has 1 saturated heterocycles. The Morgan fingerprint density at radius 3 is 2.83 bits per heavy atom. The van der Waals surface area contributed by atoms with Crippen molar-refractivity contribution in [1.29, 1.82) is 0 Å². The first-order chi connectivity index (χ1) is 8.54. The average molecular weight is 248 g/mol. The minimum atomic E-state index is 0.378.